The van der Waals surface area contributed by atoms with E-state index in [4.69, 9.17) is 0 Å². The number of fused-ring (bicyclic) bond motifs is 2. The van der Waals surface area contributed by atoms with Crippen molar-refractivity contribution in [1.29, 1.82) is 0 Å². The van der Waals surface area contributed by atoms with E-state index in [1.807, 2.05) is 24.4 Å². The number of amides is 1. The molecule has 3 aromatic rings. The Bertz CT molecular complexity index is 852. The number of benzene rings is 2. The summed E-state index contributed by atoms with van der Waals surface area (Å²) in [6.07, 6.45) is 2.50. The van der Waals surface area contributed by atoms with Crippen LogP contribution in [0.15, 0.2) is 54.7 Å². The first-order chi connectivity index (χ1) is 11.3. The van der Waals surface area contributed by atoms with Gasteiger partial charge in [0.2, 0.25) is 5.91 Å². The number of carbonyl (C=O) groups is 1. The van der Waals surface area contributed by atoms with E-state index in [0.717, 1.165) is 24.3 Å². The van der Waals surface area contributed by atoms with Crippen LogP contribution in [0, 0.1) is 0 Å². The number of rotatable bonds is 4. The van der Waals surface area contributed by atoms with Crippen LogP contribution in [0.2, 0.25) is 0 Å². The van der Waals surface area contributed by atoms with Crippen molar-refractivity contribution < 1.29 is 4.79 Å². The number of carbonyl (C=O) groups excluding carboxylic acids is 1. The lowest BCUT2D eigenvalue weighted by molar-refractivity contribution is -0.116. The highest BCUT2D eigenvalue weighted by molar-refractivity contribution is 5.94. The fourth-order valence-corrected chi connectivity index (χ4v) is 3.29. The molecule has 23 heavy (non-hydrogen) atoms. The monoisotopic (exact) mass is 305 g/mol. The molecule has 1 atom stereocenters. The number of hydrogen-bond acceptors (Lipinski definition) is 2. The standard InChI is InChI=1S/C19H19N3O/c23-19-10-15(16-3-1-2-4-18(16)22-19)12-20-11-13-5-6-17-14(9-13)7-8-21-17/h1-9,15,20-21H,10-12H2,(H,22,23). The second-order valence-electron chi connectivity index (χ2n) is 6.07. The molecule has 4 rings (SSSR count). The van der Waals surface area contributed by atoms with Crippen molar-refractivity contribution in [2.45, 2.75) is 18.9 Å². The quantitative estimate of drug-likeness (QED) is 0.692. The van der Waals surface area contributed by atoms with E-state index < -0.39 is 0 Å². The van der Waals surface area contributed by atoms with Gasteiger partial charge < -0.3 is 15.6 Å². The third-order valence-electron chi connectivity index (χ3n) is 4.44. The summed E-state index contributed by atoms with van der Waals surface area (Å²) in [6.45, 7) is 1.61. The van der Waals surface area contributed by atoms with E-state index in [0.29, 0.717) is 6.42 Å². The molecule has 1 amide bonds. The van der Waals surface area contributed by atoms with Crippen LogP contribution in [0.4, 0.5) is 5.69 Å². The second-order valence-corrected chi connectivity index (χ2v) is 6.07. The third kappa shape index (κ3) is 2.85. The normalized spacial score (nSPS) is 17.0. The molecule has 0 saturated heterocycles. The number of H-pyrrole nitrogens is 1. The van der Waals surface area contributed by atoms with Gasteiger partial charge in [0.05, 0.1) is 0 Å². The van der Waals surface area contributed by atoms with E-state index in [-0.39, 0.29) is 11.8 Å². The van der Waals surface area contributed by atoms with Crippen LogP contribution in [0.1, 0.15) is 23.5 Å². The van der Waals surface area contributed by atoms with Gasteiger partial charge in [-0.05, 0) is 40.8 Å². The average molecular weight is 305 g/mol. The van der Waals surface area contributed by atoms with Gasteiger partial charge >= 0.3 is 0 Å². The SMILES string of the molecule is O=C1CC(CNCc2ccc3[nH]ccc3c2)c2ccccc2N1. The first-order valence-corrected chi connectivity index (χ1v) is 7.95. The topological polar surface area (TPSA) is 56.9 Å². The van der Waals surface area contributed by atoms with E-state index in [1.165, 1.54) is 16.5 Å². The molecule has 1 aliphatic heterocycles. The van der Waals surface area contributed by atoms with Gasteiger partial charge in [-0.2, -0.15) is 0 Å². The van der Waals surface area contributed by atoms with Crippen molar-refractivity contribution in [3.8, 4) is 0 Å². The molecule has 4 nitrogen and oxygen atoms in total. The molecule has 1 unspecified atom stereocenters. The highest BCUT2D eigenvalue weighted by Gasteiger charge is 2.24. The predicted molar refractivity (Wildman–Crippen MR) is 92.4 cm³/mol. The smallest absolute Gasteiger partial charge is 0.225 e. The number of aromatic nitrogens is 1. The first-order valence-electron chi connectivity index (χ1n) is 7.95. The van der Waals surface area contributed by atoms with Gasteiger partial charge in [-0.3, -0.25) is 4.79 Å². The molecular formula is C19H19N3O. The van der Waals surface area contributed by atoms with Crippen molar-refractivity contribution in [2.24, 2.45) is 0 Å². The lowest BCUT2D eigenvalue weighted by Gasteiger charge is -2.25. The highest BCUT2D eigenvalue weighted by Crippen LogP contribution is 2.31. The predicted octanol–water partition coefficient (Wildman–Crippen LogP) is 3.38. The number of anilines is 1. The van der Waals surface area contributed by atoms with E-state index in [2.05, 4.69) is 45.9 Å². The van der Waals surface area contributed by atoms with E-state index in [1.54, 1.807) is 0 Å². The molecular weight excluding hydrogens is 286 g/mol. The third-order valence-corrected chi connectivity index (χ3v) is 4.44. The van der Waals surface area contributed by atoms with Gasteiger partial charge in [0.25, 0.3) is 0 Å². The Hall–Kier alpha value is -2.59. The first kappa shape index (κ1) is 14.0. The van der Waals surface area contributed by atoms with Crippen molar-refractivity contribution in [3.63, 3.8) is 0 Å². The molecule has 0 saturated carbocycles. The Labute approximate surface area is 134 Å². The van der Waals surface area contributed by atoms with Crippen molar-refractivity contribution in [2.75, 3.05) is 11.9 Å². The molecule has 2 heterocycles. The summed E-state index contributed by atoms with van der Waals surface area (Å²) in [5, 5.41) is 7.67. The Morgan fingerprint density at radius 3 is 3.00 bits per heavy atom. The molecule has 1 aromatic heterocycles. The molecule has 0 bridgehead atoms. The molecule has 0 fully saturated rings. The Balaban J connectivity index is 1.44. The summed E-state index contributed by atoms with van der Waals surface area (Å²) < 4.78 is 0. The van der Waals surface area contributed by atoms with Crippen molar-refractivity contribution in [1.82, 2.24) is 10.3 Å². The molecule has 2 aromatic carbocycles. The summed E-state index contributed by atoms with van der Waals surface area (Å²) in [6, 6.07) is 16.6. The summed E-state index contributed by atoms with van der Waals surface area (Å²) >= 11 is 0. The zero-order chi connectivity index (χ0) is 15.6. The minimum Gasteiger partial charge on any atom is -0.361 e. The van der Waals surface area contributed by atoms with Gasteiger partial charge in [-0.1, -0.05) is 24.3 Å². The number of hydrogen-bond donors (Lipinski definition) is 3. The van der Waals surface area contributed by atoms with E-state index >= 15 is 0 Å². The van der Waals surface area contributed by atoms with Gasteiger partial charge in [0.1, 0.15) is 0 Å². The summed E-state index contributed by atoms with van der Waals surface area (Å²) in [7, 11) is 0. The maximum atomic E-state index is 11.8. The molecule has 3 N–H and O–H groups in total. The van der Waals surface area contributed by atoms with E-state index in [9.17, 15) is 4.79 Å². The van der Waals surface area contributed by atoms with Gasteiger partial charge in [-0.25, -0.2) is 0 Å². The molecule has 0 aliphatic carbocycles. The molecule has 0 spiro atoms. The Morgan fingerprint density at radius 2 is 2.04 bits per heavy atom. The maximum Gasteiger partial charge on any atom is 0.225 e. The molecule has 1 aliphatic rings. The lowest BCUT2D eigenvalue weighted by atomic mass is 9.90. The Morgan fingerprint density at radius 1 is 1.13 bits per heavy atom. The fraction of sp³-hybridized carbons (Fsp3) is 0.211. The van der Waals surface area contributed by atoms with Crippen LogP contribution >= 0.6 is 0 Å². The number of para-hydroxylation sites is 1. The van der Waals surface area contributed by atoms with Crippen LogP contribution in [0.3, 0.4) is 0 Å². The highest BCUT2D eigenvalue weighted by atomic mass is 16.1. The maximum absolute atomic E-state index is 11.8. The van der Waals surface area contributed by atoms with Gasteiger partial charge in [-0.15, -0.1) is 0 Å². The van der Waals surface area contributed by atoms with Crippen molar-refractivity contribution in [3.05, 3.63) is 65.9 Å². The number of aromatic amines is 1. The van der Waals surface area contributed by atoms with Crippen molar-refractivity contribution >= 4 is 22.5 Å². The largest absolute Gasteiger partial charge is 0.361 e. The average Bonchev–Trinajstić information content (AvgIpc) is 3.02. The molecule has 4 heteroatoms. The zero-order valence-electron chi connectivity index (χ0n) is 12.8. The van der Waals surface area contributed by atoms with Crippen LogP contribution in [0.5, 0.6) is 0 Å². The minimum absolute atomic E-state index is 0.101. The molecule has 116 valence electrons. The summed E-state index contributed by atoms with van der Waals surface area (Å²) in [5.41, 5.74) is 4.59. The summed E-state index contributed by atoms with van der Waals surface area (Å²) in [4.78, 5) is 15.0. The van der Waals surface area contributed by atoms with Crippen LogP contribution in [-0.4, -0.2) is 17.4 Å². The van der Waals surface area contributed by atoms with Crippen LogP contribution < -0.4 is 10.6 Å². The Kier molecular flexibility index (Phi) is 3.60. The van der Waals surface area contributed by atoms with Crippen LogP contribution in [0.25, 0.3) is 10.9 Å². The van der Waals surface area contributed by atoms with Gasteiger partial charge in [0.15, 0.2) is 0 Å². The summed E-state index contributed by atoms with van der Waals surface area (Å²) in [5.74, 6) is 0.334. The zero-order valence-corrected chi connectivity index (χ0v) is 12.8. The fourth-order valence-electron chi connectivity index (χ4n) is 3.29. The van der Waals surface area contributed by atoms with Gasteiger partial charge in [0, 0.05) is 42.8 Å². The number of nitrogens with one attached hydrogen (secondary N) is 3. The van der Waals surface area contributed by atoms with Crippen LogP contribution in [-0.2, 0) is 11.3 Å². The lowest BCUT2D eigenvalue weighted by Crippen LogP contribution is -2.29. The minimum atomic E-state index is 0.101. The second kappa shape index (κ2) is 5.89. The molecule has 0 radical (unpaired) electrons.